The summed E-state index contributed by atoms with van der Waals surface area (Å²) in [5.41, 5.74) is 5.55. The fraction of sp³-hybridized carbons (Fsp3) is 0.579. The maximum Gasteiger partial charge on any atom is 0.402 e. The Morgan fingerprint density at radius 1 is 1.30 bits per heavy atom. The topological polar surface area (TPSA) is 136 Å². The Bertz CT molecular complexity index is 578. The molecule has 1 aliphatic rings. The van der Waals surface area contributed by atoms with Crippen LogP contribution in [0, 0.1) is 0 Å². The molecule has 8 heteroatoms. The minimum atomic E-state index is -1.33. The molecule has 8 nitrogen and oxygen atoms in total. The van der Waals surface area contributed by atoms with Gasteiger partial charge in [-0.15, -0.1) is 0 Å². The number of carboxylic acid groups (broad SMARTS) is 2. The van der Waals surface area contributed by atoms with E-state index in [0.29, 0.717) is 5.75 Å². The molecule has 0 radical (unpaired) electrons. The third kappa shape index (κ3) is 10.4. The normalized spacial score (nSPS) is 19.5. The second kappa shape index (κ2) is 12.9. The summed E-state index contributed by atoms with van der Waals surface area (Å²) in [6.07, 6.45) is 3.61. The van der Waals surface area contributed by atoms with Gasteiger partial charge in [-0.1, -0.05) is 25.5 Å². The molecule has 154 valence electrons. The predicted octanol–water partition coefficient (Wildman–Crippen LogP) is 2.07. The average molecular weight is 383 g/mol. The molecule has 0 bridgehead atoms. The van der Waals surface area contributed by atoms with Gasteiger partial charge in [0.15, 0.2) is 0 Å². The zero-order valence-corrected chi connectivity index (χ0v) is 16.4. The van der Waals surface area contributed by atoms with Gasteiger partial charge in [0.25, 0.3) is 0 Å². The van der Waals surface area contributed by atoms with E-state index in [1.165, 1.54) is 31.4 Å². The molecule has 1 aliphatic heterocycles. The average Bonchev–Trinajstić information content (AvgIpc) is 2.77. The maximum absolute atomic E-state index is 9.68. The fourth-order valence-electron chi connectivity index (χ4n) is 3.24. The van der Waals surface area contributed by atoms with E-state index in [9.17, 15) is 9.90 Å². The van der Waals surface area contributed by atoms with Gasteiger partial charge in [-0.25, -0.2) is 4.79 Å². The standard InChI is InChI=1S/C15H23NO.C3H7NO2.CH3NO2/c1-3-15(9-4-5-10-16(2)12-15)13-7-6-8-14(17)11-13;1-4-2-3(5)6;2-1(3)4/h6-8,11,17H,3-5,9-10,12H2,1-2H3;4H,2H2,1H3,(H,5,6);2H2,(H,3,4). The molecule has 27 heavy (non-hydrogen) atoms. The number of nitrogens with zero attached hydrogens (tertiary/aromatic N) is 1. The summed E-state index contributed by atoms with van der Waals surface area (Å²) in [6.45, 7) is 4.61. The van der Waals surface area contributed by atoms with Crippen molar-refractivity contribution in [1.82, 2.24) is 10.2 Å². The predicted molar refractivity (Wildman–Crippen MR) is 105 cm³/mol. The van der Waals surface area contributed by atoms with Gasteiger partial charge in [-0.05, 0) is 57.6 Å². The Hall–Kier alpha value is -2.32. The summed E-state index contributed by atoms with van der Waals surface area (Å²) in [4.78, 5) is 20.7. The van der Waals surface area contributed by atoms with Crippen molar-refractivity contribution < 1.29 is 24.9 Å². The van der Waals surface area contributed by atoms with Crippen LogP contribution in [0.25, 0.3) is 0 Å². The Kier molecular flexibility index (Phi) is 11.8. The van der Waals surface area contributed by atoms with Crippen LogP contribution in [0.4, 0.5) is 4.79 Å². The number of likely N-dealkylation sites (tertiary alicyclic amines) is 1. The third-order valence-corrected chi connectivity index (χ3v) is 4.48. The van der Waals surface area contributed by atoms with Gasteiger partial charge in [0.2, 0.25) is 0 Å². The summed E-state index contributed by atoms with van der Waals surface area (Å²) in [5.74, 6) is -0.431. The van der Waals surface area contributed by atoms with Gasteiger partial charge < -0.3 is 31.3 Å². The lowest BCUT2D eigenvalue weighted by atomic mass is 9.74. The Morgan fingerprint density at radius 3 is 2.37 bits per heavy atom. The number of carboxylic acids is 1. The first-order valence-corrected chi connectivity index (χ1v) is 8.99. The van der Waals surface area contributed by atoms with Gasteiger partial charge in [0, 0.05) is 12.0 Å². The Balaban J connectivity index is 0.000000564. The van der Waals surface area contributed by atoms with E-state index in [2.05, 4.69) is 36.0 Å². The molecule has 0 aromatic heterocycles. The lowest BCUT2D eigenvalue weighted by Crippen LogP contribution is -2.37. The molecule has 1 unspecified atom stereocenters. The van der Waals surface area contributed by atoms with Crippen LogP contribution in [-0.2, 0) is 10.2 Å². The van der Waals surface area contributed by atoms with Crippen molar-refractivity contribution in [3.05, 3.63) is 29.8 Å². The van der Waals surface area contributed by atoms with Gasteiger partial charge in [-0.3, -0.25) is 4.79 Å². The minimum absolute atomic E-state index is 0.0417. The number of likely N-dealkylation sites (N-methyl/N-ethyl adjacent to an activating group) is 2. The zero-order chi connectivity index (χ0) is 20.9. The number of rotatable bonds is 4. The van der Waals surface area contributed by atoms with E-state index in [0.717, 1.165) is 13.0 Å². The van der Waals surface area contributed by atoms with Crippen molar-refractivity contribution in [3.8, 4) is 5.75 Å². The van der Waals surface area contributed by atoms with Crippen molar-refractivity contribution >= 4 is 12.1 Å². The number of aliphatic carboxylic acids is 1. The maximum atomic E-state index is 9.68. The molecule has 0 saturated carbocycles. The number of aromatic hydroxyl groups is 1. The molecule has 1 amide bonds. The molecule has 6 N–H and O–H groups in total. The molecule has 1 fully saturated rings. The second-order valence-electron chi connectivity index (χ2n) is 6.64. The number of primary amides is 1. The van der Waals surface area contributed by atoms with Crippen molar-refractivity contribution in [3.63, 3.8) is 0 Å². The van der Waals surface area contributed by atoms with Crippen LogP contribution in [0.2, 0.25) is 0 Å². The van der Waals surface area contributed by atoms with Crippen LogP contribution < -0.4 is 11.1 Å². The van der Waals surface area contributed by atoms with Gasteiger partial charge in [0.05, 0.1) is 6.54 Å². The number of phenols is 1. The summed E-state index contributed by atoms with van der Waals surface area (Å²) in [7, 11) is 3.80. The first kappa shape index (κ1) is 24.7. The van der Waals surface area contributed by atoms with Crippen LogP contribution in [0.3, 0.4) is 0 Å². The highest BCUT2D eigenvalue weighted by Crippen LogP contribution is 2.37. The fourth-order valence-corrected chi connectivity index (χ4v) is 3.24. The minimum Gasteiger partial charge on any atom is -0.508 e. The number of amides is 1. The van der Waals surface area contributed by atoms with Crippen molar-refractivity contribution in [2.75, 3.05) is 33.7 Å². The van der Waals surface area contributed by atoms with E-state index in [-0.39, 0.29) is 12.0 Å². The summed E-state index contributed by atoms with van der Waals surface area (Å²) >= 11 is 0. The van der Waals surface area contributed by atoms with Gasteiger partial charge in [0.1, 0.15) is 5.75 Å². The number of carbonyl (C=O) groups is 2. The second-order valence-corrected chi connectivity index (χ2v) is 6.64. The number of nitrogens with one attached hydrogen (secondary N) is 1. The number of benzene rings is 1. The summed E-state index contributed by atoms with van der Waals surface area (Å²) in [6, 6.07) is 7.84. The third-order valence-electron chi connectivity index (χ3n) is 4.48. The molecule has 0 aliphatic carbocycles. The smallest absolute Gasteiger partial charge is 0.402 e. The van der Waals surface area contributed by atoms with Crippen LogP contribution >= 0.6 is 0 Å². The van der Waals surface area contributed by atoms with E-state index >= 15 is 0 Å². The van der Waals surface area contributed by atoms with Crippen LogP contribution in [-0.4, -0.2) is 66.0 Å². The lowest BCUT2D eigenvalue weighted by molar-refractivity contribution is -0.135. The van der Waals surface area contributed by atoms with Gasteiger partial charge in [-0.2, -0.15) is 0 Å². The van der Waals surface area contributed by atoms with Crippen molar-refractivity contribution in [2.45, 2.75) is 38.0 Å². The number of hydrogen-bond donors (Lipinski definition) is 5. The summed E-state index contributed by atoms with van der Waals surface area (Å²) < 4.78 is 0. The van der Waals surface area contributed by atoms with Crippen LogP contribution in [0.5, 0.6) is 5.75 Å². The van der Waals surface area contributed by atoms with E-state index in [1.807, 2.05) is 12.1 Å². The van der Waals surface area contributed by atoms with Crippen molar-refractivity contribution in [1.29, 1.82) is 0 Å². The van der Waals surface area contributed by atoms with Crippen molar-refractivity contribution in [2.24, 2.45) is 5.73 Å². The molecular formula is C19H33N3O5. The first-order chi connectivity index (χ1) is 12.7. The molecule has 1 saturated heterocycles. The molecule has 1 aromatic carbocycles. The highest BCUT2D eigenvalue weighted by Gasteiger charge is 2.33. The molecular weight excluding hydrogens is 350 g/mol. The molecule has 0 spiro atoms. The highest BCUT2D eigenvalue weighted by atomic mass is 16.4. The van der Waals surface area contributed by atoms with Crippen LogP contribution in [0.1, 0.15) is 38.2 Å². The molecule has 1 heterocycles. The Morgan fingerprint density at radius 2 is 1.93 bits per heavy atom. The Labute approximate surface area is 161 Å². The number of phenolic OH excluding ortho intramolecular Hbond substituents is 1. The van der Waals surface area contributed by atoms with Crippen LogP contribution in [0.15, 0.2) is 24.3 Å². The number of nitrogens with two attached hydrogens (primary N) is 1. The van der Waals surface area contributed by atoms with E-state index in [1.54, 1.807) is 13.1 Å². The largest absolute Gasteiger partial charge is 0.508 e. The first-order valence-electron chi connectivity index (χ1n) is 8.99. The molecule has 1 aromatic rings. The lowest BCUT2D eigenvalue weighted by Gasteiger charge is -2.35. The highest BCUT2D eigenvalue weighted by molar-refractivity contribution is 5.68. The zero-order valence-electron chi connectivity index (χ0n) is 16.4. The van der Waals surface area contributed by atoms with E-state index < -0.39 is 12.1 Å². The summed E-state index contributed by atoms with van der Waals surface area (Å²) in [5, 5.41) is 27.2. The number of hydrogen-bond acceptors (Lipinski definition) is 5. The SMILES string of the molecule is CCC1(c2cccc(O)c2)CCCCN(C)C1.CNCC(=O)O.NC(=O)O. The monoisotopic (exact) mass is 383 g/mol. The molecule has 2 rings (SSSR count). The quantitative estimate of drug-likeness (QED) is 0.537. The van der Waals surface area contributed by atoms with Gasteiger partial charge >= 0.3 is 12.1 Å². The van der Waals surface area contributed by atoms with E-state index in [4.69, 9.17) is 15.0 Å². The molecule has 1 atom stereocenters.